The second kappa shape index (κ2) is 13.6. The molecule has 3 aromatic rings. The minimum absolute atomic E-state index is 0.0630. The van der Waals surface area contributed by atoms with Crippen LogP contribution in [0.25, 0.3) is 0 Å². The SMILES string of the molecule is O=C(N[C@@H](Cc1ccccc1)C(=O)NC(Sc1ccccc1)C(=O)N[C@H]1c2ccccc2C[C@H]1O)O[C@H]1CCS(=O)(=O)C1. The summed E-state index contributed by atoms with van der Waals surface area (Å²) in [7, 11) is -3.27. The van der Waals surface area contributed by atoms with E-state index in [1.165, 1.54) is 0 Å². The fourth-order valence-electron chi connectivity index (χ4n) is 5.23. The van der Waals surface area contributed by atoms with Gasteiger partial charge in [0.15, 0.2) is 15.2 Å². The van der Waals surface area contributed by atoms with Gasteiger partial charge in [-0.25, -0.2) is 13.2 Å². The van der Waals surface area contributed by atoms with E-state index in [1.54, 1.807) is 24.3 Å². The van der Waals surface area contributed by atoms with Gasteiger partial charge < -0.3 is 25.8 Å². The van der Waals surface area contributed by atoms with E-state index >= 15 is 0 Å². The molecule has 0 spiro atoms. The molecule has 226 valence electrons. The predicted octanol–water partition coefficient (Wildman–Crippen LogP) is 2.52. The number of fused-ring (bicyclic) bond motifs is 1. The van der Waals surface area contributed by atoms with Gasteiger partial charge in [0.2, 0.25) is 5.91 Å². The van der Waals surface area contributed by atoms with Crippen molar-refractivity contribution < 1.29 is 32.6 Å². The van der Waals surface area contributed by atoms with Crippen molar-refractivity contribution in [3.8, 4) is 0 Å². The highest BCUT2D eigenvalue weighted by molar-refractivity contribution is 8.00. The number of nitrogens with one attached hydrogen (secondary N) is 3. The Labute approximate surface area is 254 Å². The van der Waals surface area contributed by atoms with Crippen molar-refractivity contribution in [1.29, 1.82) is 0 Å². The summed E-state index contributed by atoms with van der Waals surface area (Å²) in [4.78, 5) is 40.9. The van der Waals surface area contributed by atoms with E-state index in [-0.39, 0.29) is 24.3 Å². The fraction of sp³-hybridized carbons (Fsp3) is 0.323. The smallest absolute Gasteiger partial charge is 0.408 e. The summed E-state index contributed by atoms with van der Waals surface area (Å²) in [6, 6.07) is 23.8. The van der Waals surface area contributed by atoms with E-state index in [1.807, 2.05) is 60.7 Å². The van der Waals surface area contributed by atoms with Crippen LogP contribution >= 0.6 is 11.8 Å². The van der Waals surface area contributed by atoms with Gasteiger partial charge in [-0.2, -0.15) is 0 Å². The molecule has 0 radical (unpaired) electrons. The van der Waals surface area contributed by atoms with Crippen molar-refractivity contribution in [2.24, 2.45) is 0 Å². The Morgan fingerprint density at radius 2 is 1.58 bits per heavy atom. The number of sulfone groups is 1. The molecule has 1 aliphatic heterocycles. The third kappa shape index (κ3) is 8.15. The Kier molecular flexibility index (Phi) is 9.69. The lowest BCUT2D eigenvalue weighted by molar-refractivity contribution is -0.128. The minimum atomic E-state index is -3.27. The largest absolute Gasteiger partial charge is 0.445 e. The van der Waals surface area contributed by atoms with Crippen molar-refractivity contribution in [1.82, 2.24) is 16.0 Å². The molecule has 10 nitrogen and oxygen atoms in total. The Morgan fingerprint density at radius 1 is 0.907 bits per heavy atom. The summed E-state index contributed by atoms with van der Waals surface area (Å²) in [5.74, 6) is -1.47. The third-order valence-electron chi connectivity index (χ3n) is 7.37. The van der Waals surface area contributed by atoms with E-state index in [0.717, 1.165) is 33.3 Å². The van der Waals surface area contributed by atoms with Gasteiger partial charge >= 0.3 is 6.09 Å². The summed E-state index contributed by atoms with van der Waals surface area (Å²) in [6.07, 6.45) is -1.83. The highest BCUT2D eigenvalue weighted by atomic mass is 32.2. The Bertz CT molecular complexity index is 1550. The average Bonchev–Trinajstić information content (AvgIpc) is 3.50. The van der Waals surface area contributed by atoms with Crippen molar-refractivity contribution >= 4 is 39.5 Å². The number of ether oxygens (including phenoxy) is 1. The Morgan fingerprint density at radius 3 is 2.28 bits per heavy atom. The zero-order valence-corrected chi connectivity index (χ0v) is 24.9. The predicted molar refractivity (Wildman–Crippen MR) is 162 cm³/mol. The van der Waals surface area contributed by atoms with Crippen LogP contribution < -0.4 is 16.0 Å². The molecule has 1 aliphatic carbocycles. The summed E-state index contributed by atoms with van der Waals surface area (Å²) in [5.41, 5.74) is 2.52. The van der Waals surface area contributed by atoms with E-state index in [2.05, 4.69) is 16.0 Å². The third-order valence-corrected chi connectivity index (χ3v) is 10.2. The monoisotopic (exact) mass is 623 g/mol. The number of alkyl carbamates (subject to hydrolysis) is 1. The number of aliphatic hydroxyl groups excluding tert-OH is 1. The van der Waals surface area contributed by atoms with Gasteiger partial charge in [0.1, 0.15) is 12.1 Å². The van der Waals surface area contributed by atoms with E-state index in [4.69, 9.17) is 4.74 Å². The van der Waals surface area contributed by atoms with Crippen LogP contribution in [0.5, 0.6) is 0 Å². The van der Waals surface area contributed by atoms with Gasteiger partial charge in [0.05, 0.1) is 23.7 Å². The average molecular weight is 624 g/mol. The molecule has 1 saturated heterocycles. The highest BCUT2D eigenvalue weighted by Gasteiger charge is 2.36. The van der Waals surface area contributed by atoms with Crippen molar-refractivity contribution in [3.05, 3.63) is 102 Å². The van der Waals surface area contributed by atoms with Crippen LogP contribution in [0.15, 0.2) is 89.8 Å². The van der Waals surface area contributed by atoms with Gasteiger partial charge in [-0.05, 0) is 35.2 Å². The number of carbonyl (C=O) groups excluding carboxylic acids is 3. The second-order valence-electron chi connectivity index (χ2n) is 10.6. The standard InChI is InChI=1S/C31H33N3O7S2/c35-26-18-21-11-7-8-14-24(21)27(26)33-29(37)30(42-23-12-5-2-6-13-23)34-28(36)25(17-20-9-3-1-4-10-20)32-31(38)41-22-15-16-43(39,40)19-22/h1-14,22,25-27,30,35H,15-19H2,(H,32,38)(H,33,37)(H,34,36)/t22-,25-,26+,27-,30?/m0/s1. The summed E-state index contributed by atoms with van der Waals surface area (Å²) < 4.78 is 28.9. The molecule has 0 saturated carbocycles. The molecular formula is C31H33N3O7S2. The topological polar surface area (TPSA) is 151 Å². The van der Waals surface area contributed by atoms with Crippen LogP contribution in [0.1, 0.15) is 29.2 Å². The van der Waals surface area contributed by atoms with Gasteiger partial charge in [-0.15, -0.1) is 0 Å². The maximum atomic E-state index is 13.7. The lowest BCUT2D eigenvalue weighted by Crippen LogP contribution is -2.54. The van der Waals surface area contributed by atoms with Gasteiger partial charge in [0, 0.05) is 17.7 Å². The molecular weight excluding hydrogens is 590 g/mol. The summed E-state index contributed by atoms with van der Waals surface area (Å²) in [6.45, 7) is 0. The maximum Gasteiger partial charge on any atom is 0.408 e. The number of benzene rings is 3. The first-order chi connectivity index (χ1) is 20.7. The molecule has 1 heterocycles. The lowest BCUT2D eigenvalue weighted by Gasteiger charge is -2.25. The number of rotatable bonds is 10. The molecule has 5 rings (SSSR count). The lowest BCUT2D eigenvalue weighted by atomic mass is 10.1. The van der Waals surface area contributed by atoms with E-state index in [0.29, 0.717) is 6.42 Å². The van der Waals surface area contributed by atoms with Crippen molar-refractivity contribution in [2.75, 3.05) is 11.5 Å². The fourth-order valence-corrected chi connectivity index (χ4v) is 7.76. The minimum Gasteiger partial charge on any atom is -0.445 e. The molecule has 43 heavy (non-hydrogen) atoms. The molecule has 5 atom stereocenters. The van der Waals surface area contributed by atoms with Gasteiger partial charge in [-0.3, -0.25) is 9.59 Å². The Balaban J connectivity index is 1.33. The van der Waals surface area contributed by atoms with Crippen LogP contribution in [-0.4, -0.2) is 66.6 Å². The van der Waals surface area contributed by atoms with E-state index in [9.17, 15) is 27.9 Å². The number of amides is 3. The first kappa shape index (κ1) is 30.6. The molecule has 0 bridgehead atoms. The van der Waals surface area contributed by atoms with Crippen molar-refractivity contribution in [2.45, 2.75) is 53.8 Å². The second-order valence-corrected chi connectivity index (χ2v) is 14.0. The first-order valence-corrected chi connectivity index (χ1v) is 16.7. The molecule has 1 unspecified atom stereocenters. The maximum absolute atomic E-state index is 13.7. The van der Waals surface area contributed by atoms with Crippen LogP contribution in [0, 0.1) is 0 Å². The van der Waals surface area contributed by atoms with Crippen LogP contribution in [0.3, 0.4) is 0 Å². The summed E-state index contributed by atoms with van der Waals surface area (Å²) in [5, 5.41) is 17.8. The molecule has 2 aliphatic rings. The molecule has 3 amide bonds. The van der Waals surface area contributed by atoms with E-state index < -0.39 is 57.4 Å². The van der Waals surface area contributed by atoms with Gasteiger partial charge in [-0.1, -0.05) is 84.6 Å². The normalized spacial score (nSPS) is 21.7. The zero-order valence-electron chi connectivity index (χ0n) is 23.2. The van der Waals surface area contributed by atoms with Crippen molar-refractivity contribution in [3.63, 3.8) is 0 Å². The Hall–Kier alpha value is -3.87. The molecule has 12 heteroatoms. The molecule has 4 N–H and O–H groups in total. The highest BCUT2D eigenvalue weighted by Crippen LogP contribution is 2.32. The van der Waals surface area contributed by atoms with Gasteiger partial charge in [0.25, 0.3) is 5.91 Å². The molecule has 3 aromatic carbocycles. The summed E-state index contributed by atoms with van der Waals surface area (Å²) >= 11 is 1.12. The number of aliphatic hydroxyl groups is 1. The van der Waals surface area contributed by atoms with Crippen LogP contribution in [0.4, 0.5) is 4.79 Å². The van der Waals surface area contributed by atoms with Crippen LogP contribution in [-0.2, 0) is 37.0 Å². The number of thioether (sulfide) groups is 1. The quantitative estimate of drug-likeness (QED) is 0.199. The molecule has 1 fully saturated rings. The first-order valence-electron chi connectivity index (χ1n) is 14.0. The number of hydrogen-bond acceptors (Lipinski definition) is 8. The zero-order chi connectivity index (χ0) is 30.4. The van der Waals surface area contributed by atoms with Crippen LogP contribution in [0.2, 0.25) is 0 Å². The number of hydrogen-bond donors (Lipinski definition) is 4. The molecule has 0 aromatic heterocycles. The number of carbonyl (C=O) groups is 3.